The number of nitrogens with one attached hydrogen (secondary N) is 1. The Balaban J connectivity index is 1.90. The molecule has 0 saturated carbocycles. The van der Waals surface area contributed by atoms with Crippen LogP contribution >= 0.6 is 0 Å². The maximum atomic E-state index is 4.58. The van der Waals surface area contributed by atoms with Gasteiger partial charge in [-0.05, 0) is 25.0 Å². The van der Waals surface area contributed by atoms with Crippen LogP contribution in [0.25, 0.3) is 0 Å². The molecule has 2 aromatic carbocycles. The van der Waals surface area contributed by atoms with Crippen molar-refractivity contribution >= 4 is 6.34 Å². The number of benzene rings is 2. The summed E-state index contributed by atoms with van der Waals surface area (Å²) in [5, 5.41) is 3.36. The fourth-order valence-electron chi connectivity index (χ4n) is 2.48. The van der Waals surface area contributed by atoms with Gasteiger partial charge in [0.25, 0.3) is 0 Å². The molecule has 1 heterocycles. The lowest BCUT2D eigenvalue weighted by Gasteiger charge is -2.19. The molecule has 1 aliphatic heterocycles. The van der Waals surface area contributed by atoms with Crippen molar-refractivity contribution in [2.45, 2.75) is 25.9 Å². The lowest BCUT2D eigenvalue weighted by atomic mass is 9.94. The van der Waals surface area contributed by atoms with E-state index in [1.165, 1.54) is 22.3 Å². The molecule has 2 unspecified atom stereocenters. The summed E-state index contributed by atoms with van der Waals surface area (Å²) in [6, 6.07) is 17.7. The summed E-state index contributed by atoms with van der Waals surface area (Å²) >= 11 is 0. The third-order valence-corrected chi connectivity index (χ3v) is 3.66. The molecule has 2 atom stereocenters. The molecule has 96 valence electrons. The number of rotatable bonds is 2. The smallest absolute Gasteiger partial charge is 0.101 e. The van der Waals surface area contributed by atoms with Crippen LogP contribution in [0, 0.1) is 13.8 Å². The highest BCUT2D eigenvalue weighted by Crippen LogP contribution is 2.34. The number of hydrogen-bond donors (Lipinski definition) is 1. The van der Waals surface area contributed by atoms with E-state index in [4.69, 9.17) is 0 Å². The van der Waals surface area contributed by atoms with Gasteiger partial charge in [0.2, 0.25) is 0 Å². The van der Waals surface area contributed by atoms with Gasteiger partial charge in [-0.2, -0.15) is 0 Å². The minimum Gasteiger partial charge on any atom is -0.367 e. The number of hydrogen-bond acceptors (Lipinski definition) is 2. The van der Waals surface area contributed by atoms with E-state index in [2.05, 4.69) is 72.7 Å². The normalized spacial score (nSPS) is 21.4. The van der Waals surface area contributed by atoms with Crippen LogP contribution in [0.1, 0.15) is 34.3 Å². The zero-order chi connectivity index (χ0) is 13.2. The predicted octanol–water partition coefficient (Wildman–Crippen LogP) is 3.72. The summed E-state index contributed by atoms with van der Waals surface area (Å²) in [5.41, 5.74) is 5.12. The SMILES string of the molecule is Cc1ccc(C2N=CNC2c2ccc(C)cc2)cc1. The van der Waals surface area contributed by atoms with Crippen LogP contribution < -0.4 is 5.32 Å². The summed E-state index contributed by atoms with van der Waals surface area (Å²) in [6.45, 7) is 4.22. The second kappa shape index (κ2) is 4.88. The standard InChI is InChI=1S/C17H18N2/c1-12-3-7-14(8-4-12)16-17(19-11-18-16)15-9-5-13(2)6-10-15/h3-11,16-17H,1-2H3,(H,18,19). The van der Waals surface area contributed by atoms with Crippen molar-refractivity contribution in [2.75, 3.05) is 0 Å². The average molecular weight is 250 g/mol. The second-order valence-corrected chi connectivity index (χ2v) is 5.19. The van der Waals surface area contributed by atoms with Gasteiger partial charge in [-0.15, -0.1) is 0 Å². The van der Waals surface area contributed by atoms with Gasteiger partial charge in [0.05, 0.1) is 12.4 Å². The van der Waals surface area contributed by atoms with E-state index in [0.29, 0.717) is 0 Å². The Bertz CT molecular complexity index is 582. The largest absolute Gasteiger partial charge is 0.367 e. The van der Waals surface area contributed by atoms with Gasteiger partial charge in [-0.1, -0.05) is 59.7 Å². The molecule has 0 aromatic heterocycles. The number of nitrogens with zero attached hydrogens (tertiary/aromatic N) is 1. The molecule has 0 saturated heterocycles. The Labute approximate surface area is 114 Å². The second-order valence-electron chi connectivity index (χ2n) is 5.19. The van der Waals surface area contributed by atoms with Crippen LogP contribution in [-0.2, 0) is 0 Å². The summed E-state index contributed by atoms with van der Waals surface area (Å²) in [5.74, 6) is 0. The summed E-state index contributed by atoms with van der Waals surface area (Å²) in [4.78, 5) is 4.58. The number of aryl methyl sites for hydroxylation is 2. The molecule has 0 radical (unpaired) electrons. The highest BCUT2D eigenvalue weighted by Gasteiger charge is 2.26. The van der Waals surface area contributed by atoms with Crippen LogP contribution in [0.2, 0.25) is 0 Å². The van der Waals surface area contributed by atoms with Gasteiger partial charge < -0.3 is 5.32 Å². The molecule has 19 heavy (non-hydrogen) atoms. The molecule has 2 aromatic rings. The third-order valence-electron chi connectivity index (χ3n) is 3.66. The Kier molecular flexibility index (Phi) is 3.08. The molecule has 1 aliphatic rings. The van der Waals surface area contributed by atoms with Crippen molar-refractivity contribution in [3.63, 3.8) is 0 Å². The van der Waals surface area contributed by atoms with E-state index >= 15 is 0 Å². The maximum Gasteiger partial charge on any atom is 0.101 e. The molecule has 0 bridgehead atoms. The molecule has 0 spiro atoms. The maximum absolute atomic E-state index is 4.58. The molecular weight excluding hydrogens is 232 g/mol. The van der Waals surface area contributed by atoms with E-state index in [-0.39, 0.29) is 12.1 Å². The monoisotopic (exact) mass is 250 g/mol. The molecular formula is C17H18N2. The Morgan fingerprint density at radius 3 is 1.89 bits per heavy atom. The zero-order valence-electron chi connectivity index (χ0n) is 11.3. The first kappa shape index (κ1) is 12.0. The fourth-order valence-corrected chi connectivity index (χ4v) is 2.48. The highest BCUT2D eigenvalue weighted by atomic mass is 15.1. The lowest BCUT2D eigenvalue weighted by molar-refractivity contribution is 0.573. The lowest BCUT2D eigenvalue weighted by Crippen LogP contribution is -2.18. The van der Waals surface area contributed by atoms with E-state index in [1.807, 2.05) is 6.34 Å². The summed E-state index contributed by atoms with van der Waals surface area (Å²) < 4.78 is 0. The minimum absolute atomic E-state index is 0.170. The first-order chi connectivity index (χ1) is 9.24. The van der Waals surface area contributed by atoms with Gasteiger partial charge in [-0.25, -0.2) is 0 Å². The van der Waals surface area contributed by atoms with Crippen molar-refractivity contribution < 1.29 is 0 Å². The Morgan fingerprint density at radius 1 is 0.789 bits per heavy atom. The van der Waals surface area contributed by atoms with Crippen LogP contribution in [0.5, 0.6) is 0 Å². The summed E-state index contributed by atoms with van der Waals surface area (Å²) in [7, 11) is 0. The molecule has 1 N–H and O–H groups in total. The van der Waals surface area contributed by atoms with Crippen LogP contribution in [0.15, 0.2) is 53.5 Å². The van der Waals surface area contributed by atoms with Crippen LogP contribution in [-0.4, -0.2) is 6.34 Å². The summed E-state index contributed by atoms with van der Waals surface area (Å²) in [6.07, 6.45) is 1.83. The van der Waals surface area contributed by atoms with Crippen molar-refractivity contribution in [3.8, 4) is 0 Å². The Hall–Kier alpha value is -2.09. The van der Waals surface area contributed by atoms with Crippen molar-refractivity contribution in [1.82, 2.24) is 5.32 Å². The van der Waals surface area contributed by atoms with Crippen molar-refractivity contribution in [3.05, 3.63) is 70.8 Å². The molecule has 0 amide bonds. The van der Waals surface area contributed by atoms with Crippen molar-refractivity contribution in [1.29, 1.82) is 0 Å². The van der Waals surface area contributed by atoms with Gasteiger partial charge >= 0.3 is 0 Å². The fraction of sp³-hybridized carbons (Fsp3) is 0.235. The molecule has 3 rings (SSSR count). The van der Waals surface area contributed by atoms with Crippen LogP contribution in [0.3, 0.4) is 0 Å². The third kappa shape index (κ3) is 2.39. The van der Waals surface area contributed by atoms with Gasteiger partial charge in [0, 0.05) is 0 Å². The predicted molar refractivity (Wildman–Crippen MR) is 79.5 cm³/mol. The molecule has 0 fully saturated rings. The van der Waals surface area contributed by atoms with E-state index in [1.54, 1.807) is 0 Å². The van der Waals surface area contributed by atoms with E-state index in [9.17, 15) is 0 Å². The van der Waals surface area contributed by atoms with E-state index < -0.39 is 0 Å². The van der Waals surface area contributed by atoms with Crippen molar-refractivity contribution in [2.24, 2.45) is 4.99 Å². The van der Waals surface area contributed by atoms with Crippen LogP contribution in [0.4, 0.5) is 0 Å². The minimum atomic E-state index is 0.170. The molecule has 0 aliphatic carbocycles. The van der Waals surface area contributed by atoms with Gasteiger partial charge in [-0.3, -0.25) is 4.99 Å². The van der Waals surface area contributed by atoms with Gasteiger partial charge in [0.1, 0.15) is 6.04 Å². The number of aliphatic imine (C=N–C) groups is 1. The quantitative estimate of drug-likeness (QED) is 0.863. The molecule has 2 heteroatoms. The first-order valence-corrected chi connectivity index (χ1v) is 6.65. The first-order valence-electron chi connectivity index (χ1n) is 6.65. The Morgan fingerprint density at radius 2 is 1.32 bits per heavy atom. The average Bonchev–Trinajstić information content (AvgIpc) is 2.90. The van der Waals surface area contributed by atoms with Gasteiger partial charge in [0.15, 0.2) is 0 Å². The highest BCUT2D eigenvalue weighted by molar-refractivity contribution is 5.60. The topological polar surface area (TPSA) is 24.4 Å². The molecule has 2 nitrogen and oxygen atoms in total. The zero-order valence-corrected chi connectivity index (χ0v) is 11.3. The van der Waals surface area contributed by atoms with E-state index in [0.717, 1.165) is 0 Å².